The van der Waals surface area contributed by atoms with Crippen LogP contribution in [-0.4, -0.2) is 23.3 Å². The van der Waals surface area contributed by atoms with Crippen molar-refractivity contribution in [2.24, 2.45) is 0 Å². The molecule has 0 saturated heterocycles. The Morgan fingerprint density at radius 1 is 1.25 bits per heavy atom. The number of para-hydroxylation sites is 2. The summed E-state index contributed by atoms with van der Waals surface area (Å²) in [6.07, 6.45) is 0. The number of thiazole rings is 1. The maximum Gasteiger partial charge on any atom is 0.270 e. The molecule has 0 radical (unpaired) electrons. The normalized spacial score (nSPS) is 13.5. The smallest absolute Gasteiger partial charge is 0.270 e. The van der Waals surface area contributed by atoms with Gasteiger partial charge in [-0.2, -0.15) is 0 Å². The molecule has 0 bridgehead atoms. The van der Waals surface area contributed by atoms with Gasteiger partial charge in [0.15, 0.2) is 0 Å². The first-order chi connectivity index (χ1) is 11.6. The van der Waals surface area contributed by atoms with Crippen LogP contribution in [0.25, 0.3) is 9.88 Å². The Morgan fingerprint density at radius 3 is 2.88 bits per heavy atom. The molecule has 0 saturated carbocycles. The molecule has 1 aliphatic rings. The Labute approximate surface area is 146 Å². The first-order valence-corrected chi connectivity index (χ1v) is 9.05. The zero-order valence-electron chi connectivity index (χ0n) is 12.8. The summed E-state index contributed by atoms with van der Waals surface area (Å²) >= 11 is 2.96. The lowest BCUT2D eigenvalue weighted by Gasteiger charge is -2.28. The van der Waals surface area contributed by atoms with Crippen LogP contribution in [0.4, 0.5) is 11.4 Å². The van der Waals surface area contributed by atoms with E-state index in [1.807, 2.05) is 42.6 Å². The number of amides is 2. The van der Waals surface area contributed by atoms with Crippen LogP contribution in [0.5, 0.6) is 0 Å². The molecule has 1 aromatic carbocycles. The van der Waals surface area contributed by atoms with Crippen LogP contribution < -0.4 is 10.2 Å². The summed E-state index contributed by atoms with van der Waals surface area (Å²) in [7, 11) is 0. The second-order valence-electron chi connectivity index (χ2n) is 5.37. The first kappa shape index (κ1) is 15.0. The van der Waals surface area contributed by atoms with Crippen molar-refractivity contribution in [3.05, 3.63) is 52.3 Å². The molecule has 0 spiro atoms. The number of anilines is 2. The van der Waals surface area contributed by atoms with E-state index in [1.54, 1.807) is 17.4 Å². The number of nitrogens with zero attached hydrogens (tertiary/aromatic N) is 2. The Hall–Kier alpha value is -2.51. The minimum atomic E-state index is -0.192. The lowest BCUT2D eigenvalue weighted by molar-refractivity contribution is -0.115. The van der Waals surface area contributed by atoms with Gasteiger partial charge in [-0.25, -0.2) is 4.98 Å². The summed E-state index contributed by atoms with van der Waals surface area (Å²) in [5.74, 6) is -0.377. The van der Waals surface area contributed by atoms with Gasteiger partial charge in [0, 0.05) is 0 Å². The number of fused-ring (bicyclic) bond motifs is 1. The molecule has 2 aromatic heterocycles. The quantitative estimate of drug-likeness (QED) is 0.761. The topological polar surface area (TPSA) is 62.3 Å². The largest absolute Gasteiger partial charge is 0.323 e. The van der Waals surface area contributed by atoms with Crippen molar-refractivity contribution in [3.8, 4) is 9.88 Å². The van der Waals surface area contributed by atoms with E-state index >= 15 is 0 Å². The van der Waals surface area contributed by atoms with Gasteiger partial charge < -0.3 is 5.32 Å². The third kappa shape index (κ3) is 2.51. The van der Waals surface area contributed by atoms with E-state index in [0.717, 1.165) is 9.88 Å². The van der Waals surface area contributed by atoms with E-state index in [4.69, 9.17) is 0 Å². The van der Waals surface area contributed by atoms with Gasteiger partial charge in [0.1, 0.15) is 16.4 Å². The van der Waals surface area contributed by atoms with Crippen LogP contribution in [-0.2, 0) is 4.79 Å². The number of nitrogens with one attached hydrogen (secondary N) is 1. The standard InChI is InChI=1S/C17H13N3O2S2/c1-10-15(24-16(18-10)13-7-4-8-23-13)17(22)20-9-14(21)19-11-5-2-3-6-12(11)20/h2-8H,9H2,1H3,(H,19,21). The summed E-state index contributed by atoms with van der Waals surface area (Å²) in [4.78, 5) is 32.6. The highest BCUT2D eigenvalue weighted by molar-refractivity contribution is 7.22. The van der Waals surface area contributed by atoms with Gasteiger partial charge in [-0.3, -0.25) is 14.5 Å². The highest BCUT2D eigenvalue weighted by atomic mass is 32.1. The number of thiophene rings is 1. The second-order valence-corrected chi connectivity index (χ2v) is 7.31. The van der Waals surface area contributed by atoms with E-state index in [2.05, 4.69) is 10.3 Å². The molecule has 0 atom stereocenters. The average molecular weight is 355 g/mol. The van der Waals surface area contributed by atoms with E-state index < -0.39 is 0 Å². The monoisotopic (exact) mass is 355 g/mol. The van der Waals surface area contributed by atoms with Crippen molar-refractivity contribution in [2.75, 3.05) is 16.8 Å². The molecule has 24 heavy (non-hydrogen) atoms. The molecule has 2 amide bonds. The van der Waals surface area contributed by atoms with Crippen molar-refractivity contribution in [3.63, 3.8) is 0 Å². The zero-order valence-corrected chi connectivity index (χ0v) is 14.4. The highest BCUT2D eigenvalue weighted by Gasteiger charge is 2.30. The summed E-state index contributed by atoms with van der Waals surface area (Å²) in [5, 5.41) is 5.61. The lowest BCUT2D eigenvalue weighted by atomic mass is 10.2. The Morgan fingerprint density at radius 2 is 2.08 bits per heavy atom. The maximum absolute atomic E-state index is 13.0. The van der Waals surface area contributed by atoms with Crippen LogP contribution in [0.15, 0.2) is 41.8 Å². The van der Waals surface area contributed by atoms with Crippen LogP contribution >= 0.6 is 22.7 Å². The molecule has 0 aliphatic carbocycles. The van der Waals surface area contributed by atoms with Crippen molar-refractivity contribution >= 4 is 45.9 Å². The molecular formula is C17H13N3O2S2. The Balaban J connectivity index is 1.73. The van der Waals surface area contributed by atoms with Gasteiger partial charge in [0.25, 0.3) is 5.91 Å². The second kappa shape index (κ2) is 5.85. The number of hydrogen-bond donors (Lipinski definition) is 1. The number of carbonyl (C=O) groups excluding carboxylic acids is 2. The minimum absolute atomic E-state index is 0.0154. The van der Waals surface area contributed by atoms with Crippen LogP contribution in [0, 0.1) is 6.92 Å². The predicted octanol–water partition coefficient (Wildman–Crippen LogP) is 3.78. The molecule has 120 valence electrons. The fraction of sp³-hybridized carbons (Fsp3) is 0.118. The van der Waals surface area contributed by atoms with Crippen LogP contribution in [0.3, 0.4) is 0 Å². The number of hydrogen-bond acceptors (Lipinski definition) is 5. The minimum Gasteiger partial charge on any atom is -0.323 e. The average Bonchev–Trinajstić information content (AvgIpc) is 3.22. The van der Waals surface area contributed by atoms with Crippen LogP contribution in [0.1, 0.15) is 15.4 Å². The van der Waals surface area contributed by atoms with Crippen molar-refractivity contribution in [1.29, 1.82) is 0 Å². The Bertz CT molecular complexity index is 931. The zero-order chi connectivity index (χ0) is 16.7. The van der Waals surface area contributed by atoms with Crippen molar-refractivity contribution in [2.45, 2.75) is 6.92 Å². The number of rotatable bonds is 2. The van der Waals surface area contributed by atoms with E-state index in [0.29, 0.717) is 21.9 Å². The van der Waals surface area contributed by atoms with E-state index in [-0.39, 0.29) is 18.4 Å². The van der Waals surface area contributed by atoms with Gasteiger partial charge >= 0.3 is 0 Å². The van der Waals surface area contributed by atoms with Crippen molar-refractivity contribution < 1.29 is 9.59 Å². The lowest BCUT2D eigenvalue weighted by Crippen LogP contribution is -2.42. The fourth-order valence-corrected chi connectivity index (χ4v) is 4.45. The fourth-order valence-electron chi connectivity index (χ4n) is 2.64. The summed E-state index contributed by atoms with van der Waals surface area (Å²) in [6.45, 7) is 1.85. The molecule has 4 rings (SSSR count). The molecule has 0 fully saturated rings. The number of benzene rings is 1. The molecule has 3 aromatic rings. The third-order valence-electron chi connectivity index (χ3n) is 3.74. The van der Waals surface area contributed by atoms with E-state index in [9.17, 15) is 9.59 Å². The van der Waals surface area contributed by atoms with Gasteiger partial charge in [0.2, 0.25) is 5.91 Å². The van der Waals surface area contributed by atoms with Crippen molar-refractivity contribution in [1.82, 2.24) is 4.98 Å². The predicted molar refractivity (Wildman–Crippen MR) is 96.9 cm³/mol. The summed E-state index contributed by atoms with van der Waals surface area (Å²) in [5.41, 5.74) is 2.06. The van der Waals surface area contributed by atoms with Gasteiger partial charge in [-0.15, -0.1) is 22.7 Å². The van der Waals surface area contributed by atoms with Gasteiger partial charge in [-0.05, 0) is 30.5 Å². The molecule has 0 unspecified atom stereocenters. The molecular weight excluding hydrogens is 342 g/mol. The molecule has 1 aliphatic heterocycles. The Kier molecular flexibility index (Phi) is 3.66. The maximum atomic E-state index is 13.0. The number of aryl methyl sites for hydroxylation is 1. The van der Waals surface area contributed by atoms with Gasteiger partial charge in [-0.1, -0.05) is 18.2 Å². The van der Waals surface area contributed by atoms with Gasteiger partial charge in [0.05, 0.1) is 21.9 Å². The SMILES string of the molecule is Cc1nc(-c2cccs2)sc1C(=O)N1CC(=O)Nc2ccccc21. The first-order valence-electron chi connectivity index (χ1n) is 7.35. The highest BCUT2D eigenvalue weighted by Crippen LogP contribution is 2.35. The number of carbonyl (C=O) groups is 2. The molecule has 3 heterocycles. The summed E-state index contributed by atoms with van der Waals surface area (Å²) in [6, 6.07) is 11.3. The summed E-state index contributed by atoms with van der Waals surface area (Å²) < 4.78 is 0. The molecule has 1 N–H and O–H groups in total. The molecule has 5 nitrogen and oxygen atoms in total. The molecule has 7 heteroatoms. The van der Waals surface area contributed by atoms with Crippen LogP contribution in [0.2, 0.25) is 0 Å². The third-order valence-corrected chi connectivity index (χ3v) is 5.92. The van der Waals surface area contributed by atoms with E-state index in [1.165, 1.54) is 16.2 Å². The number of aromatic nitrogens is 1.